The van der Waals surface area contributed by atoms with E-state index in [1.807, 2.05) is 0 Å². The van der Waals surface area contributed by atoms with E-state index in [-0.39, 0.29) is 16.3 Å². The number of rotatable bonds is 3. The third kappa shape index (κ3) is 2.79. The van der Waals surface area contributed by atoms with Crippen molar-refractivity contribution in [3.05, 3.63) is 64.7 Å². The monoisotopic (exact) mass is 314 g/mol. The van der Waals surface area contributed by atoms with Gasteiger partial charge < -0.3 is 5.11 Å². The lowest BCUT2D eigenvalue weighted by atomic mass is 10.2. The highest BCUT2D eigenvalue weighted by Gasteiger charge is 2.09. The van der Waals surface area contributed by atoms with Gasteiger partial charge in [0.25, 0.3) is 0 Å². The highest BCUT2D eigenvalue weighted by molar-refractivity contribution is 7.71. The number of hydrogen-bond donors (Lipinski definition) is 2. The Labute approximate surface area is 130 Å². The van der Waals surface area contributed by atoms with Crippen molar-refractivity contribution in [2.24, 2.45) is 5.10 Å². The topological polar surface area (TPSA) is 66.2 Å². The van der Waals surface area contributed by atoms with Crippen LogP contribution in [0.25, 0.3) is 11.4 Å². The average molecular weight is 314 g/mol. The number of aromatic amines is 1. The third-order valence-electron chi connectivity index (χ3n) is 2.98. The standard InChI is InChI=1S/C15H11FN4OS/c16-12-6-3-5-10(8-12)14-18-19-15(22)20(14)17-9-11-4-1-2-7-13(11)21/h1-9,21H,(H,19,22)/b17-9+. The molecule has 0 aliphatic rings. The third-order valence-corrected chi connectivity index (χ3v) is 3.25. The summed E-state index contributed by atoms with van der Waals surface area (Å²) in [5.74, 6) is 0.118. The number of nitrogens with one attached hydrogen (secondary N) is 1. The maximum atomic E-state index is 13.4. The molecule has 3 rings (SSSR count). The van der Waals surface area contributed by atoms with Crippen LogP contribution < -0.4 is 0 Å². The van der Waals surface area contributed by atoms with Crippen LogP contribution in [0.5, 0.6) is 5.75 Å². The summed E-state index contributed by atoms with van der Waals surface area (Å²) in [6.07, 6.45) is 1.46. The van der Waals surface area contributed by atoms with Crippen LogP contribution in [-0.4, -0.2) is 26.2 Å². The predicted octanol–water partition coefficient (Wildman–Crippen LogP) is 3.33. The van der Waals surface area contributed by atoms with E-state index in [2.05, 4.69) is 15.3 Å². The summed E-state index contributed by atoms with van der Waals surface area (Å²) in [5.41, 5.74) is 1.08. The molecule has 110 valence electrons. The van der Waals surface area contributed by atoms with E-state index in [1.54, 1.807) is 36.4 Å². The first-order chi connectivity index (χ1) is 10.6. The molecule has 2 aromatic carbocycles. The number of halogens is 1. The lowest BCUT2D eigenvalue weighted by molar-refractivity contribution is 0.474. The molecule has 0 saturated heterocycles. The van der Waals surface area contributed by atoms with E-state index in [1.165, 1.54) is 23.0 Å². The average Bonchev–Trinajstić information content (AvgIpc) is 2.87. The van der Waals surface area contributed by atoms with Crippen molar-refractivity contribution in [3.8, 4) is 17.1 Å². The Morgan fingerprint density at radius 2 is 2.05 bits per heavy atom. The minimum absolute atomic E-state index is 0.105. The highest BCUT2D eigenvalue weighted by atomic mass is 32.1. The normalized spacial score (nSPS) is 11.1. The molecule has 0 aliphatic heterocycles. The van der Waals surface area contributed by atoms with Gasteiger partial charge in [0.05, 0.1) is 6.21 Å². The first-order valence-corrected chi connectivity index (χ1v) is 6.81. The molecule has 5 nitrogen and oxygen atoms in total. The molecule has 0 amide bonds. The quantitative estimate of drug-likeness (QED) is 0.575. The number of phenols is 1. The second kappa shape index (κ2) is 5.90. The van der Waals surface area contributed by atoms with Crippen molar-refractivity contribution in [3.63, 3.8) is 0 Å². The summed E-state index contributed by atoms with van der Waals surface area (Å²) in [4.78, 5) is 0. The molecule has 0 fully saturated rings. The smallest absolute Gasteiger partial charge is 0.216 e. The largest absolute Gasteiger partial charge is 0.507 e. The molecular formula is C15H11FN4OS. The van der Waals surface area contributed by atoms with Gasteiger partial charge in [-0.3, -0.25) is 0 Å². The van der Waals surface area contributed by atoms with Gasteiger partial charge in [-0.15, -0.1) is 0 Å². The van der Waals surface area contributed by atoms with Gasteiger partial charge >= 0.3 is 0 Å². The summed E-state index contributed by atoms with van der Waals surface area (Å²) in [6.45, 7) is 0. The van der Waals surface area contributed by atoms with Gasteiger partial charge in [0.1, 0.15) is 11.6 Å². The van der Waals surface area contributed by atoms with Crippen molar-refractivity contribution in [2.75, 3.05) is 0 Å². The summed E-state index contributed by atoms with van der Waals surface area (Å²) in [6, 6.07) is 12.8. The summed E-state index contributed by atoms with van der Waals surface area (Å²) in [5, 5.41) is 20.6. The molecular weight excluding hydrogens is 303 g/mol. The van der Waals surface area contributed by atoms with Crippen molar-refractivity contribution in [1.29, 1.82) is 0 Å². The summed E-state index contributed by atoms with van der Waals surface area (Å²) < 4.78 is 15.0. The molecule has 0 atom stereocenters. The Hall–Kier alpha value is -2.80. The van der Waals surface area contributed by atoms with E-state index >= 15 is 0 Å². The Morgan fingerprint density at radius 1 is 1.23 bits per heavy atom. The van der Waals surface area contributed by atoms with E-state index < -0.39 is 0 Å². The number of para-hydroxylation sites is 1. The van der Waals surface area contributed by atoms with E-state index in [0.717, 1.165) is 0 Å². The Kier molecular flexibility index (Phi) is 3.80. The maximum absolute atomic E-state index is 13.4. The van der Waals surface area contributed by atoms with Gasteiger partial charge in [0, 0.05) is 11.1 Å². The van der Waals surface area contributed by atoms with E-state index in [9.17, 15) is 9.50 Å². The van der Waals surface area contributed by atoms with Crippen LogP contribution >= 0.6 is 12.2 Å². The van der Waals surface area contributed by atoms with Crippen LogP contribution in [0.2, 0.25) is 0 Å². The van der Waals surface area contributed by atoms with E-state index in [4.69, 9.17) is 12.2 Å². The van der Waals surface area contributed by atoms with Crippen molar-refractivity contribution >= 4 is 18.4 Å². The number of aromatic hydroxyl groups is 1. The molecule has 3 aromatic rings. The zero-order chi connectivity index (χ0) is 15.5. The maximum Gasteiger partial charge on any atom is 0.216 e. The number of nitrogens with zero attached hydrogens (tertiary/aromatic N) is 3. The second-order valence-electron chi connectivity index (χ2n) is 4.48. The first kappa shape index (κ1) is 14.2. The Morgan fingerprint density at radius 3 is 2.82 bits per heavy atom. The zero-order valence-electron chi connectivity index (χ0n) is 11.3. The molecule has 0 aliphatic carbocycles. The van der Waals surface area contributed by atoms with Gasteiger partial charge in [0.2, 0.25) is 4.77 Å². The number of benzene rings is 2. The summed E-state index contributed by atoms with van der Waals surface area (Å²) >= 11 is 5.13. The molecule has 0 radical (unpaired) electrons. The molecule has 1 heterocycles. The molecule has 0 spiro atoms. The lowest BCUT2D eigenvalue weighted by Gasteiger charge is -2.01. The van der Waals surface area contributed by atoms with Gasteiger partial charge in [0.15, 0.2) is 5.82 Å². The SMILES string of the molecule is Oc1ccccc1/C=N/n1c(-c2cccc(F)c2)n[nH]c1=S. The van der Waals surface area contributed by atoms with Gasteiger partial charge in [-0.1, -0.05) is 24.3 Å². The van der Waals surface area contributed by atoms with Crippen LogP contribution in [-0.2, 0) is 0 Å². The van der Waals surface area contributed by atoms with E-state index in [0.29, 0.717) is 17.0 Å². The first-order valence-electron chi connectivity index (χ1n) is 6.41. The predicted molar refractivity (Wildman–Crippen MR) is 83.9 cm³/mol. The number of H-pyrrole nitrogens is 1. The number of hydrogen-bond acceptors (Lipinski definition) is 4. The van der Waals surface area contributed by atoms with Crippen molar-refractivity contribution in [2.45, 2.75) is 0 Å². The molecule has 22 heavy (non-hydrogen) atoms. The van der Waals surface area contributed by atoms with Crippen LogP contribution in [0.3, 0.4) is 0 Å². The molecule has 7 heteroatoms. The molecule has 0 bridgehead atoms. The molecule has 0 unspecified atom stereocenters. The van der Waals surface area contributed by atoms with Crippen LogP contribution in [0, 0.1) is 10.6 Å². The fraction of sp³-hybridized carbons (Fsp3) is 0. The minimum atomic E-state index is -0.373. The highest BCUT2D eigenvalue weighted by Crippen LogP contribution is 2.19. The van der Waals surface area contributed by atoms with Crippen LogP contribution in [0.4, 0.5) is 4.39 Å². The lowest BCUT2D eigenvalue weighted by Crippen LogP contribution is -1.95. The minimum Gasteiger partial charge on any atom is -0.507 e. The summed E-state index contributed by atoms with van der Waals surface area (Å²) in [7, 11) is 0. The zero-order valence-corrected chi connectivity index (χ0v) is 12.1. The fourth-order valence-corrected chi connectivity index (χ4v) is 2.11. The number of aromatic nitrogens is 3. The van der Waals surface area contributed by atoms with Gasteiger partial charge in [-0.25, -0.2) is 9.49 Å². The molecule has 2 N–H and O–H groups in total. The second-order valence-corrected chi connectivity index (χ2v) is 4.86. The Bertz CT molecular complexity index is 900. The van der Waals surface area contributed by atoms with Crippen LogP contribution in [0.15, 0.2) is 53.6 Å². The van der Waals surface area contributed by atoms with Gasteiger partial charge in [-0.2, -0.15) is 14.9 Å². The number of phenolic OH excluding ortho intramolecular Hbond substituents is 1. The van der Waals surface area contributed by atoms with Gasteiger partial charge in [-0.05, 0) is 36.5 Å². The Balaban J connectivity index is 2.04. The van der Waals surface area contributed by atoms with Crippen LogP contribution in [0.1, 0.15) is 5.56 Å². The molecule has 0 saturated carbocycles. The van der Waals surface area contributed by atoms with Crippen molar-refractivity contribution < 1.29 is 9.50 Å². The fourth-order valence-electron chi connectivity index (χ4n) is 1.93. The van der Waals surface area contributed by atoms with Crippen molar-refractivity contribution in [1.82, 2.24) is 14.9 Å². The molecule has 1 aromatic heterocycles.